The first-order chi connectivity index (χ1) is 9.29. The van der Waals surface area contributed by atoms with E-state index in [1.165, 1.54) is 11.1 Å². The van der Waals surface area contributed by atoms with E-state index in [2.05, 4.69) is 26.7 Å². The number of amides is 1. The average Bonchev–Trinajstić information content (AvgIpc) is 2.92. The Labute approximate surface area is 116 Å². The van der Waals surface area contributed by atoms with Crippen molar-refractivity contribution in [2.75, 3.05) is 18.4 Å². The summed E-state index contributed by atoms with van der Waals surface area (Å²) >= 11 is 1.69. The molecule has 1 amide bonds. The number of thiophene rings is 1. The Hall–Kier alpha value is -1.95. The minimum absolute atomic E-state index is 0.191. The zero-order valence-corrected chi connectivity index (χ0v) is 11.5. The van der Waals surface area contributed by atoms with Gasteiger partial charge in [0.1, 0.15) is 11.5 Å². The highest BCUT2D eigenvalue weighted by molar-refractivity contribution is 7.09. The number of nitrogens with zero attached hydrogens (tertiary/aromatic N) is 2. The van der Waals surface area contributed by atoms with Crippen molar-refractivity contribution < 1.29 is 4.79 Å². The van der Waals surface area contributed by atoms with E-state index in [-0.39, 0.29) is 5.91 Å². The van der Waals surface area contributed by atoms with Crippen LogP contribution in [0.5, 0.6) is 0 Å². The third-order valence-corrected chi connectivity index (χ3v) is 3.40. The highest BCUT2D eigenvalue weighted by atomic mass is 32.1. The maximum atomic E-state index is 11.9. The molecule has 19 heavy (non-hydrogen) atoms. The number of anilines is 1. The molecule has 2 aromatic rings. The molecule has 100 valence electrons. The Morgan fingerprint density at radius 1 is 1.42 bits per heavy atom. The summed E-state index contributed by atoms with van der Waals surface area (Å²) in [6, 6.07) is 4.07. The van der Waals surface area contributed by atoms with Gasteiger partial charge < -0.3 is 10.6 Å². The van der Waals surface area contributed by atoms with Crippen molar-refractivity contribution in [3.63, 3.8) is 0 Å². The van der Waals surface area contributed by atoms with Gasteiger partial charge >= 0.3 is 0 Å². The molecule has 0 aromatic carbocycles. The van der Waals surface area contributed by atoms with E-state index in [9.17, 15) is 4.79 Å². The van der Waals surface area contributed by atoms with Gasteiger partial charge in [-0.2, -0.15) is 0 Å². The molecule has 6 heteroatoms. The SMILES string of the molecule is CCNc1cncc(C(=O)NCCc2cccs2)n1. The lowest BCUT2D eigenvalue weighted by atomic mass is 10.3. The van der Waals surface area contributed by atoms with Crippen LogP contribution < -0.4 is 10.6 Å². The maximum Gasteiger partial charge on any atom is 0.271 e. The van der Waals surface area contributed by atoms with E-state index >= 15 is 0 Å². The predicted molar refractivity (Wildman–Crippen MR) is 76.6 cm³/mol. The maximum absolute atomic E-state index is 11.9. The van der Waals surface area contributed by atoms with Crippen LogP contribution in [0, 0.1) is 0 Å². The number of carbonyl (C=O) groups excluding carboxylic acids is 1. The van der Waals surface area contributed by atoms with Crippen molar-refractivity contribution in [1.29, 1.82) is 0 Å². The largest absolute Gasteiger partial charge is 0.369 e. The number of hydrogen-bond acceptors (Lipinski definition) is 5. The van der Waals surface area contributed by atoms with Crippen molar-refractivity contribution in [2.24, 2.45) is 0 Å². The van der Waals surface area contributed by atoms with Crippen molar-refractivity contribution in [2.45, 2.75) is 13.3 Å². The Morgan fingerprint density at radius 2 is 2.32 bits per heavy atom. The van der Waals surface area contributed by atoms with E-state index in [0.717, 1.165) is 13.0 Å². The van der Waals surface area contributed by atoms with E-state index in [1.807, 2.05) is 18.4 Å². The highest BCUT2D eigenvalue weighted by Gasteiger charge is 2.08. The first kappa shape index (κ1) is 13.5. The number of aromatic nitrogens is 2. The summed E-state index contributed by atoms with van der Waals surface area (Å²) in [5.41, 5.74) is 0.338. The van der Waals surface area contributed by atoms with Gasteiger partial charge in [0, 0.05) is 18.0 Å². The normalized spacial score (nSPS) is 10.2. The fraction of sp³-hybridized carbons (Fsp3) is 0.308. The molecule has 0 saturated heterocycles. The zero-order valence-electron chi connectivity index (χ0n) is 10.7. The Kier molecular flexibility index (Phi) is 4.85. The summed E-state index contributed by atoms with van der Waals surface area (Å²) in [6.07, 6.45) is 3.91. The van der Waals surface area contributed by atoms with Gasteiger partial charge in [-0.25, -0.2) is 4.98 Å². The minimum atomic E-state index is -0.191. The molecule has 0 atom stereocenters. The number of carbonyl (C=O) groups is 1. The van der Waals surface area contributed by atoms with Gasteiger partial charge in [0.15, 0.2) is 0 Å². The second kappa shape index (κ2) is 6.84. The number of hydrogen-bond donors (Lipinski definition) is 2. The van der Waals surface area contributed by atoms with Gasteiger partial charge in [-0.15, -0.1) is 11.3 Å². The number of nitrogens with one attached hydrogen (secondary N) is 2. The van der Waals surface area contributed by atoms with Crippen LogP contribution in [-0.2, 0) is 6.42 Å². The lowest BCUT2D eigenvalue weighted by molar-refractivity contribution is 0.0949. The summed E-state index contributed by atoms with van der Waals surface area (Å²) in [4.78, 5) is 21.3. The molecule has 0 aliphatic rings. The lowest BCUT2D eigenvalue weighted by Gasteiger charge is -2.05. The minimum Gasteiger partial charge on any atom is -0.369 e. The average molecular weight is 276 g/mol. The molecule has 0 bridgehead atoms. The van der Waals surface area contributed by atoms with Crippen molar-refractivity contribution >= 4 is 23.1 Å². The summed E-state index contributed by atoms with van der Waals surface area (Å²) in [6.45, 7) is 3.32. The highest BCUT2D eigenvalue weighted by Crippen LogP contribution is 2.08. The Morgan fingerprint density at radius 3 is 3.05 bits per heavy atom. The van der Waals surface area contributed by atoms with E-state index in [0.29, 0.717) is 18.1 Å². The molecule has 0 spiro atoms. The third kappa shape index (κ3) is 4.03. The molecule has 2 aromatic heterocycles. The first-order valence-electron chi connectivity index (χ1n) is 6.16. The monoisotopic (exact) mass is 276 g/mol. The predicted octanol–water partition coefficient (Wildman–Crippen LogP) is 1.94. The van der Waals surface area contributed by atoms with Gasteiger partial charge in [0.25, 0.3) is 5.91 Å². The van der Waals surface area contributed by atoms with Crippen molar-refractivity contribution in [3.05, 3.63) is 40.5 Å². The van der Waals surface area contributed by atoms with E-state index in [1.54, 1.807) is 17.5 Å². The summed E-state index contributed by atoms with van der Waals surface area (Å²) in [5, 5.41) is 7.90. The van der Waals surface area contributed by atoms with Gasteiger partial charge in [-0.05, 0) is 24.8 Å². The van der Waals surface area contributed by atoms with E-state index < -0.39 is 0 Å². The fourth-order valence-corrected chi connectivity index (χ4v) is 2.30. The second-order valence-electron chi connectivity index (χ2n) is 3.91. The molecule has 0 saturated carbocycles. The molecule has 2 heterocycles. The quantitative estimate of drug-likeness (QED) is 0.846. The van der Waals surface area contributed by atoms with Crippen LogP contribution >= 0.6 is 11.3 Å². The molecule has 0 aliphatic carbocycles. The van der Waals surface area contributed by atoms with Gasteiger partial charge in [0.2, 0.25) is 0 Å². The van der Waals surface area contributed by atoms with Crippen LogP contribution in [0.4, 0.5) is 5.82 Å². The van der Waals surface area contributed by atoms with Crippen LogP contribution in [0.3, 0.4) is 0 Å². The van der Waals surface area contributed by atoms with Gasteiger partial charge in [0.05, 0.1) is 12.4 Å². The smallest absolute Gasteiger partial charge is 0.271 e. The van der Waals surface area contributed by atoms with Crippen LogP contribution in [0.2, 0.25) is 0 Å². The molecular weight excluding hydrogens is 260 g/mol. The summed E-state index contributed by atoms with van der Waals surface area (Å²) in [7, 11) is 0. The van der Waals surface area contributed by atoms with Crippen LogP contribution in [0.25, 0.3) is 0 Å². The lowest BCUT2D eigenvalue weighted by Crippen LogP contribution is -2.26. The van der Waals surface area contributed by atoms with Crippen LogP contribution in [0.1, 0.15) is 22.3 Å². The molecule has 0 radical (unpaired) electrons. The zero-order chi connectivity index (χ0) is 13.5. The van der Waals surface area contributed by atoms with Crippen LogP contribution in [0.15, 0.2) is 29.9 Å². The molecule has 0 aliphatic heterocycles. The first-order valence-corrected chi connectivity index (χ1v) is 7.04. The molecule has 2 rings (SSSR count). The fourth-order valence-electron chi connectivity index (χ4n) is 1.59. The van der Waals surface area contributed by atoms with Gasteiger partial charge in [-0.3, -0.25) is 9.78 Å². The van der Waals surface area contributed by atoms with E-state index in [4.69, 9.17) is 0 Å². The topological polar surface area (TPSA) is 66.9 Å². The molecule has 0 fully saturated rings. The standard InChI is InChI=1S/C13H16N4OS/c1-2-15-12-9-14-8-11(17-12)13(18)16-6-5-10-4-3-7-19-10/h3-4,7-9H,2,5-6H2,1H3,(H,15,17)(H,16,18). The Balaban J connectivity index is 1.87. The molecule has 2 N–H and O–H groups in total. The summed E-state index contributed by atoms with van der Waals surface area (Å²) < 4.78 is 0. The van der Waals surface area contributed by atoms with Crippen LogP contribution in [-0.4, -0.2) is 29.0 Å². The van der Waals surface area contributed by atoms with Crippen molar-refractivity contribution in [1.82, 2.24) is 15.3 Å². The van der Waals surface area contributed by atoms with Crippen molar-refractivity contribution in [3.8, 4) is 0 Å². The second-order valence-corrected chi connectivity index (χ2v) is 4.94. The Bertz CT molecular complexity index is 527. The van der Waals surface area contributed by atoms with Gasteiger partial charge in [-0.1, -0.05) is 6.07 Å². The number of rotatable bonds is 6. The molecule has 5 nitrogen and oxygen atoms in total. The molecular formula is C13H16N4OS. The third-order valence-electron chi connectivity index (χ3n) is 2.46. The molecule has 0 unspecified atom stereocenters. The summed E-state index contributed by atoms with van der Waals surface area (Å²) in [5.74, 6) is 0.428.